The van der Waals surface area contributed by atoms with Crippen LogP contribution in [0, 0.1) is 5.92 Å². The van der Waals surface area contributed by atoms with Gasteiger partial charge in [0.25, 0.3) is 0 Å². The lowest BCUT2D eigenvalue weighted by Gasteiger charge is -2.23. The Morgan fingerprint density at radius 2 is 2.16 bits per heavy atom. The van der Waals surface area contributed by atoms with Gasteiger partial charge >= 0.3 is 0 Å². The van der Waals surface area contributed by atoms with Gasteiger partial charge in [-0.15, -0.1) is 0 Å². The molecule has 1 aromatic carbocycles. The predicted octanol–water partition coefficient (Wildman–Crippen LogP) is 3.48. The Bertz CT molecular complexity index is 440. The summed E-state index contributed by atoms with van der Waals surface area (Å²) in [6, 6.07) is 9.03. The SMILES string of the molecule is CCC(NC(C)c1cccc(NC(C)=O)c1)C1CC1. The minimum Gasteiger partial charge on any atom is -0.326 e. The number of amides is 1. The summed E-state index contributed by atoms with van der Waals surface area (Å²) < 4.78 is 0. The number of nitrogens with one attached hydrogen (secondary N) is 2. The van der Waals surface area contributed by atoms with Gasteiger partial charge in [0.05, 0.1) is 0 Å². The molecule has 1 saturated carbocycles. The van der Waals surface area contributed by atoms with Crippen molar-refractivity contribution in [1.82, 2.24) is 5.32 Å². The molecule has 104 valence electrons. The van der Waals surface area contributed by atoms with Gasteiger partial charge in [0.1, 0.15) is 0 Å². The second-order valence-corrected chi connectivity index (χ2v) is 5.55. The normalized spacial score (nSPS) is 17.8. The van der Waals surface area contributed by atoms with Crippen molar-refractivity contribution in [3.8, 4) is 0 Å². The number of carbonyl (C=O) groups excluding carboxylic acids is 1. The van der Waals surface area contributed by atoms with Crippen LogP contribution in [0.3, 0.4) is 0 Å². The monoisotopic (exact) mass is 260 g/mol. The number of benzene rings is 1. The summed E-state index contributed by atoms with van der Waals surface area (Å²) in [5, 5.41) is 6.55. The number of rotatable bonds is 6. The fraction of sp³-hybridized carbons (Fsp3) is 0.562. The van der Waals surface area contributed by atoms with E-state index in [4.69, 9.17) is 0 Å². The minimum atomic E-state index is -0.0258. The zero-order chi connectivity index (χ0) is 13.8. The average molecular weight is 260 g/mol. The van der Waals surface area contributed by atoms with Crippen LogP contribution in [0.25, 0.3) is 0 Å². The van der Waals surface area contributed by atoms with Gasteiger partial charge in [-0.25, -0.2) is 0 Å². The molecule has 0 aromatic heterocycles. The van der Waals surface area contributed by atoms with E-state index in [0.29, 0.717) is 12.1 Å². The smallest absolute Gasteiger partial charge is 0.221 e. The van der Waals surface area contributed by atoms with Crippen LogP contribution in [-0.2, 0) is 4.79 Å². The maximum absolute atomic E-state index is 11.1. The molecule has 0 bridgehead atoms. The Morgan fingerprint density at radius 3 is 2.74 bits per heavy atom. The van der Waals surface area contributed by atoms with Gasteiger partial charge in [-0.1, -0.05) is 19.1 Å². The van der Waals surface area contributed by atoms with E-state index in [1.54, 1.807) is 0 Å². The van der Waals surface area contributed by atoms with Crippen LogP contribution in [0.2, 0.25) is 0 Å². The third-order valence-corrected chi connectivity index (χ3v) is 3.80. The highest BCUT2D eigenvalue weighted by Gasteiger charge is 2.30. The Hall–Kier alpha value is -1.35. The molecule has 2 rings (SSSR count). The van der Waals surface area contributed by atoms with Crippen LogP contribution in [0.1, 0.15) is 51.6 Å². The first-order valence-corrected chi connectivity index (χ1v) is 7.23. The molecule has 0 aliphatic heterocycles. The lowest BCUT2D eigenvalue weighted by molar-refractivity contribution is -0.114. The Kier molecular flexibility index (Phi) is 4.59. The molecule has 1 fully saturated rings. The van der Waals surface area contributed by atoms with Gasteiger partial charge < -0.3 is 10.6 Å². The first-order valence-electron chi connectivity index (χ1n) is 7.23. The second kappa shape index (κ2) is 6.20. The molecule has 0 spiro atoms. The van der Waals surface area contributed by atoms with Crippen LogP contribution in [0.4, 0.5) is 5.69 Å². The Morgan fingerprint density at radius 1 is 1.42 bits per heavy atom. The third-order valence-electron chi connectivity index (χ3n) is 3.80. The van der Waals surface area contributed by atoms with Crippen molar-refractivity contribution in [2.45, 2.75) is 52.1 Å². The first-order chi connectivity index (χ1) is 9.10. The molecule has 0 radical (unpaired) electrons. The number of carbonyl (C=O) groups is 1. The predicted molar refractivity (Wildman–Crippen MR) is 79.1 cm³/mol. The van der Waals surface area contributed by atoms with Gasteiger partial charge in [0.2, 0.25) is 5.91 Å². The maximum Gasteiger partial charge on any atom is 0.221 e. The standard InChI is InChI=1S/C16H24N2O/c1-4-16(13-8-9-13)17-11(2)14-6-5-7-15(10-14)18-12(3)19/h5-7,10-11,13,16-17H,4,8-9H2,1-3H3,(H,18,19). The molecule has 2 N–H and O–H groups in total. The molecule has 2 unspecified atom stereocenters. The van der Waals surface area contributed by atoms with Crippen LogP contribution in [0.15, 0.2) is 24.3 Å². The van der Waals surface area contributed by atoms with Crippen LogP contribution >= 0.6 is 0 Å². The minimum absolute atomic E-state index is 0.0258. The molecule has 0 heterocycles. The fourth-order valence-corrected chi connectivity index (χ4v) is 2.59. The van der Waals surface area contributed by atoms with Crippen molar-refractivity contribution in [2.24, 2.45) is 5.92 Å². The van der Waals surface area contributed by atoms with E-state index < -0.39 is 0 Å². The highest BCUT2D eigenvalue weighted by Crippen LogP contribution is 2.35. The number of anilines is 1. The van der Waals surface area contributed by atoms with E-state index in [-0.39, 0.29) is 5.91 Å². The van der Waals surface area contributed by atoms with Gasteiger partial charge in [0, 0.05) is 24.7 Å². The quantitative estimate of drug-likeness (QED) is 0.822. The van der Waals surface area contributed by atoms with Crippen molar-refractivity contribution in [1.29, 1.82) is 0 Å². The molecule has 3 nitrogen and oxygen atoms in total. The Balaban J connectivity index is 2.01. The maximum atomic E-state index is 11.1. The van der Waals surface area contributed by atoms with E-state index in [9.17, 15) is 4.79 Å². The molecule has 0 saturated heterocycles. The largest absolute Gasteiger partial charge is 0.326 e. The number of hydrogen-bond donors (Lipinski definition) is 2. The highest BCUT2D eigenvalue weighted by molar-refractivity contribution is 5.88. The first kappa shape index (κ1) is 14.1. The lowest BCUT2D eigenvalue weighted by Crippen LogP contribution is -2.32. The van der Waals surface area contributed by atoms with E-state index in [1.165, 1.54) is 31.7 Å². The van der Waals surface area contributed by atoms with Gasteiger partial charge in [0.15, 0.2) is 0 Å². The number of hydrogen-bond acceptors (Lipinski definition) is 2. The topological polar surface area (TPSA) is 41.1 Å². The van der Waals surface area contributed by atoms with Gasteiger partial charge in [-0.05, 0) is 49.8 Å². The summed E-state index contributed by atoms with van der Waals surface area (Å²) >= 11 is 0. The third kappa shape index (κ3) is 4.06. The second-order valence-electron chi connectivity index (χ2n) is 5.55. The molecule has 1 aromatic rings. The summed E-state index contributed by atoms with van der Waals surface area (Å²) in [7, 11) is 0. The van der Waals surface area contributed by atoms with E-state index in [2.05, 4.69) is 36.6 Å². The van der Waals surface area contributed by atoms with Crippen molar-refractivity contribution in [3.63, 3.8) is 0 Å². The zero-order valence-corrected chi connectivity index (χ0v) is 12.1. The van der Waals surface area contributed by atoms with Crippen LogP contribution in [0.5, 0.6) is 0 Å². The van der Waals surface area contributed by atoms with Crippen LogP contribution in [-0.4, -0.2) is 11.9 Å². The van der Waals surface area contributed by atoms with Gasteiger partial charge in [-0.3, -0.25) is 4.79 Å². The fourth-order valence-electron chi connectivity index (χ4n) is 2.59. The average Bonchev–Trinajstić information content (AvgIpc) is 3.19. The summed E-state index contributed by atoms with van der Waals surface area (Å²) in [5.74, 6) is 0.841. The van der Waals surface area contributed by atoms with Crippen molar-refractivity contribution < 1.29 is 4.79 Å². The molecule has 2 atom stereocenters. The van der Waals surface area contributed by atoms with Gasteiger partial charge in [-0.2, -0.15) is 0 Å². The van der Waals surface area contributed by atoms with Crippen molar-refractivity contribution >= 4 is 11.6 Å². The summed E-state index contributed by atoms with van der Waals surface area (Å²) in [6.07, 6.45) is 3.91. The molecule has 19 heavy (non-hydrogen) atoms. The van der Waals surface area contributed by atoms with E-state index in [1.807, 2.05) is 12.1 Å². The molecular weight excluding hydrogens is 236 g/mol. The lowest BCUT2D eigenvalue weighted by atomic mass is 10.0. The molecule has 3 heteroatoms. The summed E-state index contributed by atoms with van der Waals surface area (Å²) in [6.45, 7) is 5.98. The van der Waals surface area contributed by atoms with E-state index in [0.717, 1.165) is 11.6 Å². The Labute approximate surface area is 115 Å². The molecule has 1 aliphatic carbocycles. The van der Waals surface area contributed by atoms with Crippen molar-refractivity contribution in [3.05, 3.63) is 29.8 Å². The summed E-state index contributed by atoms with van der Waals surface area (Å²) in [4.78, 5) is 11.1. The molecule has 1 amide bonds. The van der Waals surface area contributed by atoms with E-state index >= 15 is 0 Å². The van der Waals surface area contributed by atoms with Crippen molar-refractivity contribution in [2.75, 3.05) is 5.32 Å². The highest BCUT2D eigenvalue weighted by atomic mass is 16.1. The van der Waals surface area contributed by atoms with Crippen LogP contribution < -0.4 is 10.6 Å². The molecule has 1 aliphatic rings. The zero-order valence-electron chi connectivity index (χ0n) is 12.1. The molecular formula is C16H24N2O. The summed E-state index contributed by atoms with van der Waals surface area (Å²) in [5.41, 5.74) is 2.10.